The molecule has 1 aromatic heterocycles. The Kier molecular flexibility index (Phi) is 4.98. The van der Waals surface area contributed by atoms with Gasteiger partial charge in [0, 0.05) is 18.2 Å². The first kappa shape index (κ1) is 16.2. The Labute approximate surface area is 130 Å². The van der Waals surface area contributed by atoms with Crippen molar-refractivity contribution >= 4 is 5.91 Å². The van der Waals surface area contributed by atoms with Crippen molar-refractivity contribution < 1.29 is 9.32 Å². The van der Waals surface area contributed by atoms with Crippen LogP contribution < -0.4 is 11.1 Å². The Morgan fingerprint density at radius 1 is 1.36 bits per heavy atom. The molecule has 0 spiro atoms. The Bertz CT molecular complexity index is 622. The zero-order valence-electron chi connectivity index (χ0n) is 13.3. The van der Waals surface area contributed by atoms with E-state index >= 15 is 0 Å². The van der Waals surface area contributed by atoms with Crippen molar-refractivity contribution in [3.63, 3.8) is 0 Å². The van der Waals surface area contributed by atoms with E-state index in [-0.39, 0.29) is 11.7 Å². The van der Waals surface area contributed by atoms with Crippen LogP contribution >= 0.6 is 0 Å². The molecule has 2 rings (SSSR count). The summed E-state index contributed by atoms with van der Waals surface area (Å²) in [5.74, 6) is 0.342. The van der Waals surface area contributed by atoms with Gasteiger partial charge < -0.3 is 15.6 Å². The summed E-state index contributed by atoms with van der Waals surface area (Å²) in [5.41, 5.74) is 6.92. The van der Waals surface area contributed by atoms with Gasteiger partial charge in [-0.05, 0) is 19.3 Å². The van der Waals surface area contributed by atoms with Crippen LogP contribution in [0.5, 0.6) is 0 Å². The standard InChI is InChI=1S/C17H23N3O2/c1-12(2)10-17(3,11-18)19-16(21)15-9-14(20-22-15)13-7-5-4-6-8-13/h4-9,12H,10-11,18H2,1-3H3,(H,19,21). The predicted molar refractivity (Wildman–Crippen MR) is 86.3 cm³/mol. The van der Waals surface area contributed by atoms with Crippen LogP contribution in [0.2, 0.25) is 0 Å². The highest BCUT2D eigenvalue weighted by molar-refractivity contribution is 5.92. The Hall–Kier alpha value is -2.14. The molecule has 22 heavy (non-hydrogen) atoms. The van der Waals surface area contributed by atoms with Gasteiger partial charge in [-0.1, -0.05) is 49.3 Å². The van der Waals surface area contributed by atoms with E-state index in [1.807, 2.05) is 37.3 Å². The summed E-state index contributed by atoms with van der Waals surface area (Å²) in [6.45, 7) is 6.51. The van der Waals surface area contributed by atoms with Gasteiger partial charge in [0.05, 0.1) is 5.54 Å². The van der Waals surface area contributed by atoms with Gasteiger partial charge in [0.1, 0.15) is 5.69 Å². The van der Waals surface area contributed by atoms with Gasteiger partial charge >= 0.3 is 0 Å². The number of nitrogens with two attached hydrogens (primary N) is 1. The lowest BCUT2D eigenvalue weighted by Crippen LogP contribution is -2.52. The molecule has 1 atom stereocenters. The van der Waals surface area contributed by atoms with E-state index in [1.54, 1.807) is 6.07 Å². The number of rotatable bonds is 6. The predicted octanol–water partition coefficient (Wildman–Crippen LogP) is 2.83. The molecule has 1 aromatic carbocycles. The zero-order chi connectivity index (χ0) is 16.2. The molecule has 1 amide bonds. The number of carbonyl (C=O) groups is 1. The second kappa shape index (κ2) is 6.75. The van der Waals surface area contributed by atoms with Gasteiger partial charge in [-0.15, -0.1) is 0 Å². The van der Waals surface area contributed by atoms with Crippen LogP contribution in [0, 0.1) is 5.92 Å². The number of hydrogen-bond acceptors (Lipinski definition) is 4. The first-order valence-electron chi connectivity index (χ1n) is 7.48. The third-order valence-corrected chi connectivity index (χ3v) is 3.53. The van der Waals surface area contributed by atoms with Crippen molar-refractivity contribution in [3.05, 3.63) is 42.2 Å². The van der Waals surface area contributed by atoms with Crippen molar-refractivity contribution in [1.29, 1.82) is 0 Å². The molecule has 0 saturated carbocycles. The summed E-state index contributed by atoms with van der Waals surface area (Å²) < 4.78 is 5.17. The van der Waals surface area contributed by atoms with Gasteiger partial charge in [0.15, 0.2) is 0 Å². The Morgan fingerprint density at radius 2 is 2.05 bits per heavy atom. The fourth-order valence-electron chi connectivity index (χ4n) is 2.55. The molecule has 118 valence electrons. The lowest BCUT2D eigenvalue weighted by molar-refractivity contribution is 0.0860. The zero-order valence-corrected chi connectivity index (χ0v) is 13.3. The maximum Gasteiger partial charge on any atom is 0.290 e. The van der Waals surface area contributed by atoms with Crippen LogP contribution in [0.25, 0.3) is 11.3 Å². The van der Waals surface area contributed by atoms with Gasteiger partial charge in [0.25, 0.3) is 5.91 Å². The SMILES string of the molecule is CC(C)CC(C)(CN)NC(=O)c1cc(-c2ccccc2)no1. The first-order valence-corrected chi connectivity index (χ1v) is 7.48. The fourth-order valence-corrected chi connectivity index (χ4v) is 2.55. The number of amides is 1. The molecular weight excluding hydrogens is 278 g/mol. The minimum atomic E-state index is -0.453. The van der Waals surface area contributed by atoms with E-state index in [4.69, 9.17) is 10.3 Å². The van der Waals surface area contributed by atoms with Gasteiger partial charge in [0.2, 0.25) is 5.76 Å². The van der Waals surface area contributed by atoms with Gasteiger partial charge in [-0.2, -0.15) is 0 Å². The summed E-state index contributed by atoms with van der Waals surface area (Å²) in [5, 5.41) is 6.92. The Morgan fingerprint density at radius 3 is 2.64 bits per heavy atom. The summed E-state index contributed by atoms with van der Waals surface area (Å²) in [6.07, 6.45) is 0.801. The highest BCUT2D eigenvalue weighted by Crippen LogP contribution is 2.20. The Balaban J connectivity index is 2.12. The number of nitrogens with one attached hydrogen (secondary N) is 1. The van der Waals surface area contributed by atoms with Crippen LogP contribution in [0.1, 0.15) is 37.7 Å². The van der Waals surface area contributed by atoms with Crippen molar-refractivity contribution in [2.24, 2.45) is 11.7 Å². The molecule has 0 bridgehead atoms. The lowest BCUT2D eigenvalue weighted by Gasteiger charge is -2.30. The average molecular weight is 301 g/mol. The molecule has 5 heteroatoms. The maximum absolute atomic E-state index is 12.3. The molecule has 0 saturated heterocycles. The largest absolute Gasteiger partial charge is 0.350 e. The van der Waals surface area contributed by atoms with Crippen molar-refractivity contribution in [2.75, 3.05) is 6.54 Å². The second-order valence-electron chi connectivity index (χ2n) is 6.26. The molecule has 5 nitrogen and oxygen atoms in total. The van der Waals surface area contributed by atoms with E-state index in [0.717, 1.165) is 12.0 Å². The van der Waals surface area contributed by atoms with Gasteiger partial charge in [-0.3, -0.25) is 4.79 Å². The van der Waals surface area contributed by atoms with Crippen molar-refractivity contribution in [1.82, 2.24) is 10.5 Å². The van der Waals surface area contributed by atoms with Gasteiger partial charge in [-0.25, -0.2) is 0 Å². The van der Waals surface area contributed by atoms with Crippen LogP contribution in [0.4, 0.5) is 0 Å². The average Bonchev–Trinajstić information content (AvgIpc) is 2.97. The molecule has 3 N–H and O–H groups in total. The monoisotopic (exact) mass is 301 g/mol. The van der Waals surface area contributed by atoms with E-state index < -0.39 is 5.54 Å². The third-order valence-electron chi connectivity index (χ3n) is 3.53. The quantitative estimate of drug-likeness (QED) is 0.859. The number of hydrogen-bond donors (Lipinski definition) is 2. The molecule has 1 unspecified atom stereocenters. The van der Waals surface area contributed by atoms with E-state index in [2.05, 4.69) is 24.3 Å². The molecule has 0 radical (unpaired) electrons. The maximum atomic E-state index is 12.3. The number of carbonyl (C=O) groups excluding carboxylic acids is 1. The summed E-state index contributed by atoms with van der Waals surface area (Å²) in [4.78, 5) is 12.3. The van der Waals surface area contributed by atoms with Crippen LogP contribution in [-0.4, -0.2) is 23.1 Å². The number of aromatic nitrogens is 1. The lowest BCUT2D eigenvalue weighted by atomic mass is 9.90. The van der Waals surface area contributed by atoms with Crippen molar-refractivity contribution in [3.8, 4) is 11.3 Å². The smallest absolute Gasteiger partial charge is 0.290 e. The molecule has 1 heterocycles. The first-order chi connectivity index (χ1) is 10.4. The van der Waals surface area contributed by atoms with Crippen LogP contribution in [0.3, 0.4) is 0 Å². The normalized spacial score (nSPS) is 13.9. The molecule has 0 aliphatic rings. The van der Waals surface area contributed by atoms with Crippen molar-refractivity contribution in [2.45, 2.75) is 32.7 Å². The minimum absolute atomic E-state index is 0.197. The summed E-state index contributed by atoms with van der Waals surface area (Å²) in [6, 6.07) is 11.2. The fraction of sp³-hybridized carbons (Fsp3) is 0.412. The van der Waals surface area contributed by atoms with E-state index in [0.29, 0.717) is 18.2 Å². The van der Waals surface area contributed by atoms with E-state index in [9.17, 15) is 4.79 Å². The van der Waals surface area contributed by atoms with Crippen LogP contribution in [0.15, 0.2) is 40.9 Å². The topological polar surface area (TPSA) is 81.1 Å². The molecule has 0 aliphatic carbocycles. The van der Waals surface area contributed by atoms with Crippen LogP contribution in [-0.2, 0) is 0 Å². The highest BCUT2D eigenvalue weighted by atomic mass is 16.5. The molecule has 2 aromatic rings. The summed E-state index contributed by atoms with van der Waals surface area (Å²) >= 11 is 0. The number of nitrogens with zero attached hydrogens (tertiary/aromatic N) is 1. The highest BCUT2D eigenvalue weighted by Gasteiger charge is 2.28. The van der Waals surface area contributed by atoms with E-state index in [1.165, 1.54) is 0 Å². The minimum Gasteiger partial charge on any atom is -0.350 e. The second-order valence-corrected chi connectivity index (χ2v) is 6.26. The molecular formula is C17H23N3O2. The number of benzene rings is 1. The molecule has 0 fully saturated rings. The molecule has 0 aliphatic heterocycles. The third kappa shape index (κ3) is 3.95. The summed E-state index contributed by atoms with van der Waals surface area (Å²) in [7, 11) is 0.